The Balaban J connectivity index is 2.14. The SMILES string of the molecule is CCNC(CC1CCC1)c1ccc(OC)c(OC)c1. The maximum atomic E-state index is 5.40. The van der Waals surface area contributed by atoms with E-state index < -0.39 is 0 Å². The third-order valence-corrected chi connectivity index (χ3v) is 4.05. The molecule has 0 spiro atoms. The Bertz CT molecular complexity index is 402. The summed E-state index contributed by atoms with van der Waals surface area (Å²) in [6.07, 6.45) is 5.39. The Morgan fingerprint density at radius 2 is 1.95 bits per heavy atom. The molecule has 3 heteroatoms. The molecule has 0 aromatic heterocycles. The Morgan fingerprint density at radius 3 is 2.47 bits per heavy atom. The number of methoxy groups -OCH3 is 2. The van der Waals surface area contributed by atoms with Crippen molar-refractivity contribution in [1.82, 2.24) is 5.32 Å². The van der Waals surface area contributed by atoms with Crippen LogP contribution in [0.3, 0.4) is 0 Å². The van der Waals surface area contributed by atoms with E-state index in [1.165, 1.54) is 31.2 Å². The predicted molar refractivity (Wildman–Crippen MR) is 77.9 cm³/mol. The largest absolute Gasteiger partial charge is 0.493 e. The van der Waals surface area contributed by atoms with E-state index in [0.29, 0.717) is 6.04 Å². The number of ether oxygens (including phenoxy) is 2. The van der Waals surface area contributed by atoms with Crippen LogP contribution in [0.5, 0.6) is 11.5 Å². The maximum Gasteiger partial charge on any atom is 0.161 e. The van der Waals surface area contributed by atoms with E-state index in [1.54, 1.807) is 14.2 Å². The van der Waals surface area contributed by atoms with Crippen LogP contribution in [-0.2, 0) is 0 Å². The van der Waals surface area contributed by atoms with Gasteiger partial charge in [0.15, 0.2) is 11.5 Å². The van der Waals surface area contributed by atoms with E-state index in [9.17, 15) is 0 Å². The van der Waals surface area contributed by atoms with Crippen LogP contribution in [-0.4, -0.2) is 20.8 Å². The summed E-state index contributed by atoms with van der Waals surface area (Å²) < 4.78 is 10.7. The van der Waals surface area contributed by atoms with Gasteiger partial charge in [-0.05, 0) is 36.6 Å². The summed E-state index contributed by atoms with van der Waals surface area (Å²) in [6.45, 7) is 3.15. The van der Waals surface area contributed by atoms with Gasteiger partial charge < -0.3 is 14.8 Å². The second-order valence-electron chi connectivity index (χ2n) is 5.26. The molecule has 0 saturated heterocycles. The highest BCUT2D eigenvalue weighted by Crippen LogP contribution is 2.37. The molecule has 1 N–H and O–H groups in total. The molecule has 0 radical (unpaired) electrons. The van der Waals surface area contributed by atoms with Crippen molar-refractivity contribution in [1.29, 1.82) is 0 Å². The first-order chi connectivity index (χ1) is 9.28. The van der Waals surface area contributed by atoms with Crippen LogP contribution in [0, 0.1) is 5.92 Å². The van der Waals surface area contributed by atoms with Gasteiger partial charge in [0.05, 0.1) is 14.2 Å². The zero-order valence-electron chi connectivity index (χ0n) is 12.2. The van der Waals surface area contributed by atoms with Crippen LogP contribution >= 0.6 is 0 Å². The van der Waals surface area contributed by atoms with Crippen LogP contribution in [0.2, 0.25) is 0 Å². The highest BCUT2D eigenvalue weighted by Gasteiger charge is 2.23. The van der Waals surface area contributed by atoms with Gasteiger partial charge in [0.1, 0.15) is 0 Å². The van der Waals surface area contributed by atoms with Gasteiger partial charge in [0.25, 0.3) is 0 Å². The van der Waals surface area contributed by atoms with E-state index in [0.717, 1.165) is 24.0 Å². The molecule has 0 amide bonds. The van der Waals surface area contributed by atoms with Crippen molar-refractivity contribution in [2.75, 3.05) is 20.8 Å². The molecule has 19 heavy (non-hydrogen) atoms. The first kappa shape index (κ1) is 14.2. The Kier molecular flexibility index (Phi) is 5.08. The molecule has 1 aliphatic rings. The minimum Gasteiger partial charge on any atom is -0.493 e. The highest BCUT2D eigenvalue weighted by atomic mass is 16.5. The van der Waals surface area contributed by atoms with Gasteiger partial charge in [-0.2, -0.15) is 0 Å². The van der Waals surface area contributed by atoms with E-state index in [1.807, 2.05) is 6.07 Å². The number of benzene rings is 1. The molecule has 0 bridgehead atoms. The zero-order chi connectivity index (χ0) is 13.7. The Hall–Kier alpha value is -1.22. The molecule has 1 aromatic rings. The number of hydrogen-bond donors (Lipinski definition) is 1. The second-order valence-corrected chi connectivity index (χ2v) is 5.26. The normalized spacial score (nSPS) is 16.8. The topological polar surface area (TPSA) is 30.5 Å². The lowest BCUT2D eigenvalue weighted by Crippen LogP contribution is -2.25. The summed E-state index contributed by atoms with van der Waals surface area (Å²) >= 11 is 0. The lowest BCUT2D eigenvalue weighted by atomic mass is 9.79. The summed E-state index contributed by atoms with van der Waals surface area (Å²) in [5.74, 6) is 2.50. The van der Waals surface area contributed by atoms with E-state index in [4.69, 9.17) is 9.47 Å². The molecule has 1 aromatic carbocycles. The van der Waals surface area contributed by atoms with Gasteiger partial charge in [0, 0.05) is 6.04 Å². The van der Waals surface area contributed by atoms with Crippen molar-refractivity contribution in [3.63, 3.8) is 0 Å². The van der Waals surface area contributed by atoms with Crippen molar-refractivity contribution < 1.29 is 9.47 Å². The summed E-state index contributed by atoms with van der Waals surface area (Å²) in [5, 5.41) is 3.59. The third kappa shape index (κ3) is 3.41. The second kappa shape index (κ2) is 6.80. The molecule has 3 nitrogen and oxygen atoms in total. The van der Waals surface area contributed by atoms with Crippen LogP contribution in [0.15, 0.2) is 18.2 Å². The summed E-state index contributed by atoms with van der Waals surface area (Å²) in [4.78, 5) is 0. The first-order valence-corrected chi connectivity index (χ1v) is 7.23. The minimum atomic E-state index is 0.426. The number of nitrogens with one attached hydrogen (secondary N) is 1. The fourth-order valence-corrected chi connectivity index (χ4v) is 2.72. The zero-order valence-corrected chi connectivity index (χ0v) is 12.2. The monoisotopic (exact) mass is 263 g/mol. The lowest BCUT2D eigenvalue weighted by molar-refractivity contribution is 0.262. The van der Waals surface area contributed by atoms with Gasteiger partial charge in [-0.3, -0.25) is 0 Å². The molecule has 1 saturated carbocycles. The molecule has 0 heterocycles. The summed E-state index contributed by atoms with van der Waals surface area (Å²) in [7, 11) is 3.36. The fraction of sp³-hybridized carbons (Fsp3) is 0.625. The smallest absolute Gasteiger partial charge is 0.161 e. The first-order valence-electron chi connectivity index (χ1n) is 7.23. The molecular weight excluding hydrogens is 238 g/mol. The third-order valence-electron chi connectivity index (χ3n) is 4.05. The fourth-order valence-electron chi connectivity index (χ4n) is 2.72. The standard InChI is InChI=1S/C16H25NO2/c1-4-17-14(10-12-6-5-7-12)13-8-9-15(18-2)16(11-13)19-3/h8-9,11-12,14,17H,4-7,10H2,1-3H3. The average molecular weight is 263 g/mol. The van der Waals surface area contributed by atoms with Crippen molar-refractivity contribution in [3.05, 3.63) is 23.8 Å². The quantitative estimate of drug-likeness (QED) is 0.816. The van der Waals surface area contributed by atoms with Crippen LogP contribution in [0.1, 0.15) is 44.2 Å². The molecular formula is C16H25NO2. The average Bonchev–Trinajstić information content (AvgIpc) is 2.40. The van der Waals surface area contributed by atoms with Crippen LogP contribution in [0.25, 0.3) is 0 Å². The predicted octanol–water partition coefficient (Wildman–Crippen LogP) is 3.54. The van der Waals surface area contributed by atoms with Gasteiger partial charge in [-0.15, -0.1) is 0 Å². The molecule has 1 atom stereocenters. The van der Waals surface area contributed by atoms with Gasteiger partial charge in [-0.1, -0.05) is 32.3 Å². The number of hydrogen-bond acceptors (Lipinski definition) is 3. The van der Waals surface area contributed by atoms with Crippen molar-refractivity contribution in [2.45, 2.75) is 38.6 Å². The molecule has 1 fully saturated rings. The lowest BCUT2D eigenvalue weighted by Gasteiger charge is -2.30. The highest BCUT2D eigenvalue weighted by molar-refractivity contribution is 5.43. The van der Waals surface area contributed by atoms with Crippen molar-refractivity contribution in [3.8, 4) is 11.5 Å². The Labute approximate surface area is 116 Å². The van der Waals surface area contributed by atoms with Gasteiger partial charge in [-0.25, -0.2) is 0 Å². The van der Waals surface area contributed by atoms with E-state index in [-0.39, 0.29) is 0 Å². The molecule has 2 rings (SSSR count). The molecule has 0 aliphatic heterocycles. The van der Waals surface area contributed by atoms with Crippen molar-refractivity contribution >= 4 is 0 Å². The number of rotatable bonds is 7. The maximum absolute atomic E-state index is 5.40. The van der Waals surface area contributed by atoms with Crippen LogP contribution < -0.4 is 14.8 Å². The Morgan fingerprint density at radius 1 is 1.21 bits per heavy atom. The summed E-state index contributed by atoms with van der Waals surface area (Å²) in [5.41, 5.74) is 1.30. The molecule has 1 unspecified atom stereocenters. The minimum absolute atomic E-state index is 0.426. The summed E-state index contributed by atoms with van der Waals surface area (Å²) in [6, 6.07) is 6.67. The molecule has 1 aliphatic carbocycles. The van der Waals surface area contributed by atoms with Gasteiger partial charge >= 0.3 is 0 Å². The van der Waals surface area contributed by atoms with Crippen LogP contribution in [0.4, 0.5) is 0 Å². The van der Waals surface area contributed by atoms with Crippen molar-refractivity contribution in [2.24, 2.45) is 5.92 Å². The van der Waals surface area contributed by atoms with E-state index in [2.05, 4.69) is 24.4 Å². The van der Waals surface area contributed by atoms with E-state index >= 15 is 0 Å². The van der Waals surface area contributed by atoms with Gasteiger partial charge in [0.2, 0.25) is 0 Å². The molecule has 106 valence electrons.